The third-order valence-corrected chi connectivity index (χ3v) is 4.29. The highest BCUT2D eigenvalue weighted by atomic mass is 16.7. The minimum absolute atomic E-state index is 0.143. The van der Waals surface area contributed by atoms with E-state index >= 15 is 0 Å². The number of unbranched alkanes of at least 4 members (excludes halogenated alkanes) is 6. The average Bonchev–Trinajstić information content (AvgIpc) is 2.57. The highest BCUT2D eigenvalue weighted by Gasteiger charge is 2.36. The quantitative estimate of drug-likeness (QED) is 0.285. The van der Waals surface area contributed by atoms with E-state index < -0.39 is 5.79 Å². The van der Waals surface area contributed by atoms with Crippen molar-refractivity contribution in [2.45, 2.75) is 77.9 Å². The van der Waals surface area contributed by atoms with Gasteiger partial charge >= 0.3 is 0 Å². The maximum atomic E-state index is 10.3. The van der Waals surface area contributed by atoms with Crippen LogP contribution in [-0.4, -0.2) is 23.4 Å². The summed E-state index contributed by atoms with van der Waals surface area (Å²) in [7, 11) is 0. The molecule has 1 aromatic rings. The number of ether oxygens (including phenoxy) is 2. The zero-order valence-electron chi connectivity index (χ0n) is 15.5. The summed E-state index contributed by atoms with van der Waals surface area (Å²) in [6.45, 7) is 7.01. The summed E-state index contributed by atoms with van der Waals surface area (Å²) in [5, 5.41) is 20.1. The molecule has 0 fully saturated rings. The number of rotatable bonds is 13. The molecule has 0 amide bonds. The van der Waals surface area contributed by atoms with Crippen molar-refractivity contribution in [2.24, 2.45) is 0 Å². The molecule has 1 aromatic carbocycles. The van der Waals surface area contributed by atoms with Gasteiger partial charge in [-0.25, -0.2) is 0 Å². The molecule has 24 heavy (non-hydrogen) atoms. The van der Waals surface area contributed by atoms with Gasteiger partial charge in [-0.2, -0.15) is 0 Å². The molecule has 0 atom stereocenters. The largest absolute Gasteiger partial charge is 0.504 e. The van der Waals surface area contributed by atoms with Crippen LogP contribution in [0.5, 0.6) is 11.5 Å². The van der Waals surface area contributed by atoms with Crippen LogP contribution in [0.1, 0.15) is 77.7 Å². The Bertz CT molecular complexity index is 453. The molecule has 0 saturated carbocycles. The van der Waals surface area contributed by atoms with Gasteiger partial charge in [0.15, 0.2) is 17.3 Å². The summed E-state index contributed by atoms with van der Waals surface area (Å²) in [5.41, 5.74) is 0.511. The first-order valence-electron chi connectivity index (χ1n) is 9.40. The van der Waals surface area contributed by atoms with Crippen LogP contribution in [0.2, 0.25) is 0 Å². The van der Waals surface area contributed by atoms with Crippen molar-refractivity contribution in [1.82, 2.24) is 0 Å². The molecule has 0 aliphatic rings. The first-order chi connectivity index (χ1) is 11.6. The third kappa shape index (κ3) is 5.99. The van der Waals surface area contributed by atoms with E-state index in [1.54, 1.807) is 12.1 Å². The van der Waals surface area contributed by atoms with Crippen molar-refractivity contribution in [3.8, 4) is 11.5 Å². The summed E-state index contributed by atoms with van der Waals surface area (Å²) >= 11 is 0. The van der Waals surface area contributed by atoms with Gasteiger partial charge in [-0.1, -0.05) is 51.5 Å². The molecule has 0 radical (unpaired) electrons. The van der Waals surface area contributed by atoms with E-state index in [0.717, 1.165) is 12.8 Å². The number of aromatic hydroxyl groups is 2. The van der Waals surface area contributed by atoms with E-state index in [9.17, 15) is 10.2 Å². The molecule has 1 rings (SSSR count). The fraction of sp³-hybridized carbons (Fsp3) is 0.700. The third-order valence-electron chi connectivity index (χ3n) is 4.29. The first-order valence-corrected chi connectivity index (χ1v) is 9.40. The maximum absolute atomic E-state index is 10.3. The van der Waals surface area contributed by atoms with Gasteiger partial charge in [0.1, 0.15) is 0 Å². The molecule has 2 N–H and O–H groups in total. The van der Waals surface area contributed by atoms with Gasteiger partial charge in [0.05, 0.1) is 5.56 Å². The number of para-hydroxylation sites is 1. The Kier molecular flexibility index (Phi) is 9.80. The molecule has 4 heteroatoms. The van der Waals surface area contributed by atoms with E-state index in [2.05, 4.69) is 6.92 Å². The predicted octanol–water partition coefficient (Wildman–Crippen LogP) is 5.46. The number of hydrogen-bond acceptors (Lipinski definition) is 4. The van der Waals surface area contributed by atoms with Crippen molar-refractivity contribution in [1.29, 1.82) is 0 Å². The minimum atomic E-state index is -0.990. The van der Waals surface area contributed by atoms with Crippen molar-refractivity contribution < 1.29 is 19.7 Å². The lowest BCUT2D eigenvalue weighted by Gasteiger charge is -2.34. The number of hydrogen-bond donors (Lipinski definition) is 2. The molecule has 0 heterocycles. The van der Waals surface area contributed by atoms with Crippen LogP contribution >= 0.6 is 0 Å². The highest BCUT2D eigenvalue weighted by Crippen LogP contribution is 2.42. The molecule has 0 saturated heterocycles. The zero-order chi connectivity index (χ0) is 17.8. The van der Waals surface area contributed by atoms with Gasteiger partial charge in [-0.05, 0) is 32.4 Å². The number of phenolic OH excluding ortho intramolecular Hbond substituents is 2. The van der Waals surface area contributed by atoms with Crippen molar-refractivity contribution in [3.05, 3.63) is 23.8 Å². The van der Waals surface area contributed by atoms with Crippen LogP contribution in [-0.2, 0) is 15.3 Å². The summed E-state index contributed by atoms with van der Waals surface area (Å²) in [6, 6.07) is 4.94. The summed E-state index contributed by atoms with van der Waals surface area (Å²) in [5.74, 6) is -1.28. The monoisotopic (exact) mass is 338 g/mol. The molecule has 0 aliphatic carbocycles. The fourth-order valence-corrected chi connectivity index (χ4v) is 3.10. The Morgan fingerprint density at radius 1 is 0.833 bits per heavy atom. The lowest BCUT2D eigenvalue weighted by Crippen LogP contribution is -2.33. The van der Waals surface area contributed by atoms with E-state index in [1.807, 2.05) is 13.8 Å². The van der Waals surface area contributed by atoms with Gasteiger partial charge < -0.3 is 19.7 Å². The molecule has 0 aromatic heterocycles. The van der Waals surface area contributed by atoms with Crippen molar-refractivity contribution in [2.75, 3.05) is 13.2 Å². The summed E-state index contributed by atoms with van der Waals surface area (Å²) < 4.78 is 11.9. The lowest BCUT2D eigenvalue weighted by molar-refractivity contribution is -0.248. The van der Waals surface area contributed by atoms with Crippen LogP contribution in [0.15, 0.2) is 18.2 Å². The smallest absolute Gasteiger partial charge is 0.198 e. The van der Waals surface area contributed by atoms with Crippen LogP contribution in [0.3, 0.4) is 0 Å². The van der Waals surface area contributed by atoms with Crippen molar-refractivity contribution >= 4 is 0 Å². The van der Waals surface area contributed by atoms with Crippen LogP contribution in [0.25, 0.3) is 0 Å². The van der Waals surface area contributed by atoms with E-state index in [-0.39, 0.29) is 11.5 Å². The summed E-state index contributed by atoms with van der Waals surface area (Å²) in [6.07, 6.45) is 9.08. The van der Waals surface area contributed by atoms with Crippen LogP contribution < -0.4 is 0 Å². The van der Waals surface area contributed by atoms with Crippen LogP contribution in [0.4, 0.5) is 0 Å². The Labute approximate surface area is 146 Å². The Morgan fingerprint density at radius 2 is 1.42 bits per heavy atom. The summed E-state index contributed by atoms with van der Waals surface area (Å²) in [4.78, 5) is 0. The number of benzene rings is 1. The normalized spacial score (nSPS) is 11.8. The standard InChI is InChI=1S/C20H34O4/c1-4-7-8-9-10-11-12-16-20(23-5-2,24-6-3)17-14-13-15-18(21)19(17)22/h13-15,21-22H,4-12,16H2,1-3H3. The van der Waals surface area contributed by atoms with E-state index in [0.29, 0.717) is 25.2 Å². The average molecular weight is 338 g/mol. The van der Waals surface area contributed by atoms with Gasteiger partial charge in [-0.3, -0.25) is 0 Å². The van der Waals surface area contributed by atoms with E-state index in [1.165, 1.54) is 38.2 Å². The SMILES string of the molecule is CCCCCCCCCC(OCC)(OCC)c1cccc(O)c1O. The maximum Gasteiger partial charge on any atom is 0.198 e. The van der Waals surface area contributed by atoms with Gasteiger partial charge in [-0.15, -0.1) is 0 Å². The second-order valence-corrected chi connectivity index (χ2v) is 6.16. The molecule has 0 bridgehead atoms. The van der Waals surface area contributed by atoms with E-state index in [4.69, 9.17) is 9.47 Å². The second kappa shape index (κ2) is 11.3. The van der Waals surface area contributed by atoms with Gasteiger partial charge in [0.25, 0.3) is 0 Å². The molecule has 0 unspecified atom stereocenters. The molecular weight excluding hydrogens is 304 g/mol. The lowest BCUT2D eigenvalue weighted by atomic mass is 9.96. The minimum Gasteiger partial charge on any atom is -0.504 e. The first kappa shape index (κ1) is 20.8. The molecule has 0 spiro atoms. The Hall–Kier alpha value is -1.26. The zero-order valence-corrected chi connectivity index (χ0v) is 15.5. The Morgan fingerprint density at radius 3 is 2.00 bits per heavy atom. The second-order valence-electron chi connectivity index (χ2n) is 6.16. The fourth-order valence-electron chi connectivity index (χ4n) is 3.10. The van der Waals surface area contributed by atoms with Crippen LogP contribution in [0, 0.1) is 0 Å². The molecule has 138 valence electrons. The highest BCUT2D eigenvalue weighted by molar-refractivity contribution is 5.46. The topological polar surface area (TPSA) is 58.9 Å². The molecular formula is C20H34O4. The van der Waals surface area contributed by atoms with Crippen molar-refractivity contribution in [3.63, 3.8) is 0 Å². The molecule has 0 aliphatic heterocycles. The molecule has 4 nitrogen and oxygen atoms in total. The van der Waals surface area contributed by atoms with Gasteiger partial charge in [0.2, 0.25) is 0 Å². The Balaban J connectivity index is 2.77. The van der Waals surface area contributed by atoms with Gasteiger partial charge in [0, 0.05) is 19.6 Å². The number of phenols is 2. The predicted molar refractivity (Wildman–Crippen MR) is 97.3 cm³/mol.